The Morgan fingerprint density at radius 3 is 2.65 bits per heavy atom. The van der Waals surface area contributed by atoms with E-state index in [1.807, 2.05) is 37.3 Å². The van der Waals surface area contributed by atoms with Gasteiger partial charge in [-0.25, -0.2) is 0 Å². The number of carbonyl (C=O) groups is 1. The molecule has 0 aromatic heterocycles. The van der Waals surface area contributed by atoms with Gasteiger partial charge in [0.15, 0.2) is 0 Å². The summed E-state index contributed by atoms with van der Waals surface area (Å²) in [6.45, 7) is 4.06. The van der Waals surface area contributed by atoms with Gasteiger partial charge in [-0.2, -0.15) is 0 Å². The van der Waals surface area contributed by atoms with Gasteiger partial charge in [-0.15, -0.1) is 0 Å². The van der Waals surface area contributed by atoms with Crippen LogP contribution in [0, 0.1) is 6.92 Å². The van der Waals surface area contributed by atoms with Crippen molar-refractivity contribution in [2.75, 3.05) is 7.11 Å². The van der Waals surface area contributed by atoms with Gasteiger partial charge < -0.3 is 10.1 Å². The number of ether oxygens (including phenoxy) is 1. The van der Waals surface area contributed by atoms with Crippen LogP contribution in [-0.2, 0) is 11.2 Å². The first-order valence-electron chi connectivity index (χ1n) is 7.71. The molecule has 2 aromatic rings. The molecular formula is C19H22ClNO2. The summed E-state index contributed by atoms with van der Waals surface area (Å²) in [5.74, 6) is 0.849. The fourth-order valence-corrected chi connectivity index (χ4v) is 2.83. The molecule has 0 aliphatic carbocycles. The number of rotatable bonds is 6. The van der Waals surface area contributed by atoms with Gasteiger partial charge in [-0.1, -0.05) is 42.8 Å². The summed E-state index contributed by atoms with van der Waals surface area (Å²) >= 11 is 5.96. The number of amides is 1. The minimum atomic E-state index is -0.00806. The Hall–Kier alpha value is -2.00. The first kappa shape index (κ1) is 17.4. The second kappa shape index (κ2) is 8.02. The summed E-state index contributed by atoms with van der Waals surface area (Å²) in [5.41, 5.74) is 3.06. The van der Waals surface area contributed by atoms with Crippen LogP contribution in [0.25, 0.3) is 0 Å². The van der Waals surface area contributed by atoms with E-state index in [4.69, 9.17) is 16.3 Å². The second-order valence-electron chi connectivity index (χ2n) is 5.56. The number of carbonyl (C=O) groups excluding carboxylic acids is 1. The molecule has 0 spiro atoms. The molecule has 0 fully saturated rings. The Balaban J connectivity index is 2.06. The predicted molar refractivity (Wildman–Crippen MR) is 94.1 cm³/mol. The van der Waals surface area contributed by atoms with Crippen molar-refractivity contribution < 1.29 is 9.53 Å². The highest BCUT2D eigenvalue weighted by Gasteiger charge is 2.14. The van der Waals surface area contributed by atoms with Gasteiger partial charge in [0.1, 0.15) is 5.75 Å². The number of nitrogens with one attached hydrogen (secondary N) is 1. The van der Waals surface area contributed by atoms with Crippen LogP contribution in [0.3, 0.4) is 0 Å². The summed E-state index contributed by atoms with van der Waals surface area (Å²) in [5, 5.41) is 3.74. The number of hydrogen-bond acceptors (Lipinski definition) is 2. The third-order valence-electron chi connectivity index (χ3n) is 3.82. The Bertz CT molecular complexity index is 685. The van der Waals surface area contributed by atoms with Crippen molar-refractivity contribution >= 4 is 17.5 Å². The van der Waals surface area contributed by atoms with Crippen LogP contribution in [0.4, 0.5) is 0 Å². The molecule has 0 heterocycles. The van der Waals surface area contributed by atoms with Gasteiger partial charge >= 0.3 is 0 Å². The monoisotopic (exact) mass is 331 g/mol. The highest BCUT2D eigenvalue weighted by molar-refractivity contribution is 6.30. The van der Waals surface area contributed by atoms with Crippen molar-refractivity contribution in [3.8, 4) is 5.75 Å². The number of hydrogen-bond donors (Lipinski definition) is 1. The molecular weight excluding hydrogens is 310 g/mol. The summed E-state index contributed by atoms with van der Waals surface area (Å²) in [4.78, 5) is 12.3. The first-order chi connectivity index (χ1) is 11.0. The van der Waals surface area contributed by atoms with Crippen molar-refractivity contribution in [2.45, 2.75) is 32.7 Å². The van der Waals surface area contributed by atoms with Gasteiger partial charge in [-0.05, 0) is 48.2 Å². The van der Waals surface area contributed by atoms with Crippen molar-refractivity contribution in [1.29, 1.82) is 0 Å². The van der Waals surface area contributed by atoms with E-state index < -0.39 is 0 Å². The quantitative estimate of drug-likeness (QED) is 0.848. The minimum absolute atomic E-state index is 0.00686. The van der Waals surface area contributed by atoms with Crippen LogP contribution in [0.1, 0.15) is 36.1 Å². The molecule has 0 aliphatic rings. The Labute approximate surface area is 142 Å². The molecule has 0 bridgehead atoms. The van der Waals surface area contributed by atoms with Crippen LogP contribution < -0.4 is 10.1 Å². The maximum absolute atomic E-state index is 12.3. The van der Waals surface area contributed by atoms with Gasteiger partial charge in [0.05, 0.1) is 19.6 Å². The highest BCUT2D eigenvalue weighted by atomic mass is 35.5. The van der Waals surface area contributed by atoms with Crippen LogP contribution in [-0.4, -0.2) is 13.0 Å². The van der Waals surface area contributed by atoms with E-state index in [0.29, 0.717) is 11.4 Å². The molecule has 1 unspecified atom stereocenters. The first-order valence-corrected chi connectivity index (χ1v) is 8.09. The lowest BCUT2D eigenvalue weighted by Gasteiger charge is -2.19. The zero-order valence-corrected chi connectivity index (χ0v) is 14.5. The fraction of sp³-hybridized carbons (Fsp3) is 0.316. The summed E-state index contributed by atoms with van der Waals surface area (Å²) in [6, 6.07) is 13.4. The lowest BCUT2D eigenvalue weighted by molar-refractivity contribution is -0.121. The molecule has 2 rings (SSSR count). The molecule has 1 N–H and O–H groups in total. The maximum Gasteiger partial charge on any atom is 0.224 e. The number of methoxy groups -OCH3 is 1. The van der Waals surface area contributed by atoms with Crippen LogP contribution in [0.2, 0.25) is 5.02 Å². The zero-order chi connectivity index (χ0) is 16.8. The topological polar surface area (TPSA) is 38.3 Å². The van der Waals surface area contributed by atoms with E-state index in [0.717, 1.165) is 28.9 Å². The van der Waals surface area contributed by atoms with Gasteiger partial charge in [-0.3, -0.25) is 4.79 Å². The number of aryl methyl sites for hydroxylation is 1. The third-order valence-corrected chi connectivity index (χ3v) is 4.05. The normalized spacial score (nSPS) is 11.8. The smallest absolute Gasteiger partial charge is 0.224 e. The largest absolute Gasteiger partial charge is 0.496 e. The molecule has 2 aromatic carbocycles. The molecule has 23 heavy (non-hydrogen) atoms. The third kappa shape index (κ3) is 4.73. The van der Waals surface area contributed by atoms with E-state index >= 15 is 0 Å². The molecule has 1 amide bonds. The molecule has 0 saturated heterocycles. The molecule has 3 nitrogen and oxygen atoms in total. The second-order valence-corrected chi connectivity index (χ2v) is 6.00. The molecule has 4 heteroatoms. The SMILES string of the molecule is CCC(NC(=O)Cc1cccc(Cl)c1)c1ccc(OC)c(C)c1. The number of halogens is 1. The maximum atomic E-state index is 12.3. The predicted octanol–water partition coefficient (Wildman–Crippen LogP) is 4.47. The fourth-order valence-electron chi connectivity index (χ4n) is 2.62. The van der Waals surface area contributed by atoms with E-state index in [2.05, 4.69) is 18.3 Å². The summed E-state index contributed by atoms with van der Waals surface area (Å²) in [6.07, 6.45) is 1.15. The summed E-state index contributed by atoms with van der Waals surface area (Å²) < 4.78 is 5.28. The van der Waals surface area contributed by atoms with E-state index in [-0.39, 0.29) is 11.9 Å². The highest BCUT2D eigenvalue weighted by Crippen LogP contribution is 2.24. The van der Waals surface area contributed by atoms with Gasteiger partial charge in [0.25, 0.3) is 0 Å². The minimum Gasteiger partial charge on any atom is -0.496 e. The summed E-state index contributed by atoms with van der Waals surface area (Å²) in [7, 11) is 1.66. The van der Waals surface area contributed by atoms with Crippen molar-refractivity contribution in [2.24, 2.45) is 0 Å². The van der Waals surface area contributed by atoms with Crippen LogP contribution in [0.5, 0.6) is 5.75 Å². The zero-order valence-electron chi connectivity index (χ0n) is 13.7. The van der Waals surface area contributed by atoms with Gasteiger partial charge in [0.2, 0.25) is 5.91 Å². The molecule has 122 valence electrons. The number of benzene rings is 2. The standard InChI is InChI=1S/C19H22ClNO2/c1-4-17(15-8-9-18(23-3)13(2)10-15)21-19(22)12-14-6-5-7-16(20)11-14/h5-11,17H,4,12H2,1-3H3,(H,21,22). The molecule has 0 saturated carbocycles. The van der Waals surface area contributed by atoms with E-state index in [1.165, 1.54) is 0 Å². The van der Waals surface area contributed by atoms with Crippen LogP contribution >= 0.6 is 11.6 Å². The Morgan fingerprint density at radius 2 is 2.04 bits per heavy atom. The van der Waals surface area contributed by atoms with Crippen molar-refractivity contribution in [1.82, 2.24) is 5.32 Å². The van der Waals surface area contributed by atoms with Gasteiger partial charge in [0, 0.05) is 5.02 Å². The molecule has 0 aliphatic heterocycles. The van der Waals surface area contributed by atoms with E-state index in [1.54, 1.807) is 13.2 Å². The average Bonchev–Trinajstić information content (AvgIpc) is 2.52. The van der Waals surface area contributed by atoms with Crippen molar-refractivity contribution in [3.63, 3.8) is 0 Å². The Kier molecular flexibility index (Phi) is 6.05. The lowest BCUT2D eigenvalue weighted by atomic mass is 10.0. The van der Waals surface area contributed by atoms with Crippen molar-refractivity contribution in [3.05, 3.63) is 64.2 Å². The average molecular weight is 332 g/mol. The van der Waals surface area contributed by atoms with Crippen LogP contribution in [0.15, 0.2) is 42.5 Å². The molecule has 1 atom stereocenters. The lowest BCUT2D eigenvalue weighted by Crippen LogP contribution is -2.29. The Morgan fingerprint density at radius 1 is 1.26 bits per heavy atom. The van der Waals surface area contributed by atoms with E-state index in [9.17, 15) is 4.79 Å². The molecule has 0 radical (unpaired) electrons.